The molecule has 1 aliphatic rings. The van der Waals surface area contributed by atoms with Gasteiger partial charge in [0.2, 0.25) is 0 Å². The van der Waals surface area contributed by atoms with Crippen LogP contribution in [-0.2, 0) is 4.84 Å². The number of rotatable bonds is 3. The van der Waals surface area contributed by atoms with Gasteiger partial charge in [-0.3, -0.25) is 10.1 Å². The van der Waals surface area contributed by atoms with Gasteiger partial charge in [-0.15, -0.1) is 0 Å². The van der Waals surface area contributed by atoms with E-state index in [1.54, 1.807) is 12.1 Å². The molecule has 0 aromatic heterocycles. The summed E-state index contributed by atoms with van der Waals surface area (Å²) in [5, 5.41) is 14.4. The quantitative estimate of drug-likeness (QED) is 0.625. The number of benzene rings is 1. The minimum atomic E-state index is -5.02. The van der Waals surface area contributed by atoms with Gasteiger partial charge in [0.05, 0.1) is 0 Å². The average Bonchev–Trinajstić information content (AvgIpc) is 2.76. The molecule has 5 nitrogen and oxygen atoms in total. The van der Waals surface area contributed by atoms with Crippen molar-refractivity contribution in [1.82, 2.24) is 0 Å². The molecule has 1 heterocycles. The van der Waals surface area contributed by atoms with Crippen molar-refractivity contribution in [2.24, 2.45) is 5.16 Å². The SMILES string of the molecule is CC1=NO[C@](/C=C/c2ccccc2Cl)(C(F)(F)F)[C@H]1[N+](=O)[O-]. The molecule has 2 atom stereocenters. The van der Waals surface area contributed by atoms with Gasteiger partial charge in [-0.1, -0.05) is 41.0 Å². The minimum Gasteiger partial charge on any atom is -0.367 e. The summed E-state index contributed by atoms with van der Waals surface area (Å²) in [4.78, 5) is 14.4. The summed E-state index contributed by atoms with van der Waals surface area (Å²) in [6.07, 6.45) is -3.40. The minimum absolute atomic E-state index is 0.212. The normalized spacial score (nSPS) is 25.1. The molecule has 118 valence electrons. The lowest BCUT2D eigenvalue weighted by Gasteiger charge is -2.27. The van der Waals surface area contributed by atoms with Crippen LogP contribution in [0.4, 0.5) is 13.2 Å². The molecule has 0 saturated heterocycles. The molecule has 0 amide bonds. The molecular formula is C13H10ClF3N2O3. The van der Waals surface area contributed by atoms with Crippen molar-refractivity contribution >= 4 is 23.4 Å². The van der Waals surface area contributed by atoms with E-state index in [-0.39, 0.29) is 16.3 Å². The van der Waals surface area contributed by atoms with Gasteiger partial charge in [-0.05, 0) is 24.6 Å². The molecule has 0 bridgehead atoms. The molecule has 0 spiro atoms. The summed E-state index contributed by atoms with van der Waals surface area (Å²) in [6.45, 7) is 1.12. The summed E-state index contributed by atoms with van der Waals surface area (Å²) in [5.41, 5.74) is -3.23. The van der Waals surface area contributed by atoms with E-state index < -0.39 is 22.7 Å². The van der Waals surface area contributed by atoms with Crippen LogP contribution in [0.2, 0.25) is 5.02 Å². The third kappa shape index (κ3) is 2.66. The molecule has 2 rings (SSSR count). The Bertz CT molecular complexity index is 660. The molecule has 0 radical (unpaired) electrons. The largest absolute Gasteiger partial charge is 0.442 e. The van der Waals surface area contributed by atoms with Crippen molar-refractivity contribution in [1.29, 1.82) is 0 Å². The van der Waals surface area contributed by atoms with Gasteiger partial charge < -0.3 is 4.84 Å². The van der Waals surface area contributed by atoms with Crippen LogP contribution in [0.1, 0.15) is 12.5 Å². The Morgan fingerprint density at radius 3 is 2.64 bits per heavy atom. The van der Waals surface area contributed by atoms with Crippen molar-refractivity contribution in [3.63, 3.8) is 0 Å². The summed E-state index contributed by atoms with van der Waals surface area (Å²) < 4.78 is 40.2. The molecule has 9 heteroatoms. The summed E-state index contributed by atoms with van der Waals surface area (Å²) >= 11 is 5.86. The fourth-order valence-electron chi connectivity index (χ4n) is 2.11. The van der Waals surface area contributed by atoms with E-state index in [1.807, 2.05) is 0 Å². The highest BCUT2D eigenvalue weighted by molar-refractivity contribution is 6.32. The zero-order valence-corrected chi connectivity index (χ0v) is 11.9. The molecule has 22 heavy (non-hydrogen) atoms. The van der Waals surface area contributed by atoms with Crippen LogP contribution in [0.15, 0.2) is 35.5 Å². The second kappa shape index (κ2) is 5.60. The highest BCUT2D eigenvalue weighted by Crippen LogP contribution is 2.43. The van der Waals surface area contributed by atoms with Crippen LogP contribution < -0.4 is 0 Å². The van der Waals surface area contributed by atoms with Gasteiger partial charge in [0.15, 0.2) is 0 Å². The monoisotopic (exact) mass is 334 g/mol. The van der Waals surface area contributed by atoms with Crippen molar-refractivity contribution in [3.05, 3.63) is 51.0 Å². The Morgan fingerprint density at radius 1 is 1.45 bits per heavy atom. The smallest absolute Gasteiger partial charge is 0.367 e. The topological polar surface area (TPSA) is 64.7 Å². The van der Waals surface area contributed by atoms with Gasteiger partial charge in [0.25, 0.3) is 0 Å². The Labute approximate surface area is 128 Å². The van der Waals surface area contributed by atoms with Gasteiger partial charge in [0, 0.05) is 9.95 Å². The molecule has 1 aromatic carbocycles. The number of nitrogens with zero attached hydrogens (tertiary/aromatic N) is 2. The van der Waals surface area contributed by atoms with Crippen molar-refractivity contribution in [3.8, 4) is 0 Å². The van der Waals surface area contributed by atoms with Crippen molar-refractivity contribution < 1.29 is 22.9 Å². The molecule has 0 unspecified atom stereocenters. The van der Waals surface area contributed by atoms with Gasteiger partial charge in [0.1, 0.15) is 5.71 Å². The molecule has 0 saturated carbocycles. The Hall–Kier alpha value is -2.09. The van der Waals surface area contributed by atoms with E-state index >= 15 is 0 Å². The fourth-order valence-corrected chi connectivity index (χ4v) is 2.31. The predicted molar refractivity (Wildman–Crippen MR) is 74.2 cm³/mol. The van der Waals surface area contributed by atoms with Crippen LogP contribution in [0, 0.1) is 10.1 Å². The Morgan fingerprint density at radius 2 is 2.09 bits per heavy atom. The summed E-state index contributed by atoms with van der Waals surface area (Å²) in [7, 11) is 0. The number of oxime groups is 1. The first-order chi connectivity index (χ1) is 10.2. The van der Waals surface area contributed by atoms with Gasteiger partial charge in [-0.25, -0.2) is 0 Å². The van der Waals surface area contributed by atoms with Crippen LogP contribution in [0.3, 0.4) is 0 Å². The Balaban J connectivity index is 2.49. The third-order valence-corrected chi connectivity index (χ3v) is 3.56. The lowest BCUT2D eigenvalue weighted by Crippen LogP contribution is -2.56. The zero-order chi connectivity index (χ0) is 16.5. The first kappa shape index (κ1) is 16.3. The maximum absolute atomic E-state index is 13.4. The molecule has 1 aromatic rings. The number of halogens is 4. The van der Waals surface area contributed by atoms with E-state index in [2.05, 4.69) is 9.99 Å². The van der Waals surface area contributed by atoms with E-state index in [0.29, 0.717) is 6.08 Å². The highest BCUT2D eigenvalue weighted by Gasteiger charge is 2.70. The highest BCUT2D eigenvalue weighted by atomic mass is 35.5. The first-order valence-electron chi connectivity index (χ1n) is 6.05. The number of hydrogen-bond acceptors (Lipinski definition) is 4. The maximum atomic E-state index is 13.4. The van der Waals surface area contributed by atoms with Crippen molar-refractivity contribution in [2.75, 3.05) is 0 Å². The second-order valence-corrected chi connectivity index (χ2v) is 5.06. The molecule has 0 N–H and O–H groups in total. The van der Waals surface area contributed by atoms with Crippen LogP contribution in [0.5, 0.6) is 0 Å². The average molecular weight is 335 g/mol. The van der Waals surface area contributed by atoms with Crippen LogP contribution in [0.25, 0.3) is 6.08 Å². The van der Waals surface area contributed by atoms with E-state index in [0.717, 1.165) is 13.0 Å². The van der Waals surface area contributed by atoms with Gasteiger partial charge >= 0.3 is 17.8 Å². The van der Waals surface area contributed by atoms with Crippen molar-refractivity contribution in [2.45, 2.75) is 24.7 Å². The summed E-state index contributed by atoms with van der Waals surface area (Å²) in [5.74, 6) is 0. The summed E-state index contributed by atoms with van der Waals surface area (Å²) in [6, 6.07) is 4.01. The predicted octanol–water partition coefficient (Wildman–Crippen LogP) is 3.71. The number of hydrogen-bond donors (Lipinski definition) is 0. The number of nitro groups is 1. The second-order valence-electron chi connectivity index (χ2n) is 4.66. The van der Waals surface area contributed by atoms with Crippen LogP contribution in [-0.4, -0.2) is 28.5 Å². The van der Waals surface area contributed by atoms with E-state index in [9.17, 15) is 23.3 Å². The first-order valence-corrected chi connectivity index (χ1v) is 6.43. The molecule has 0 aliphatic carbocycles. The lowest BCUT2D eigenvalue weighted by atomic mass is 9.90. The van der Waals surface area contributed by atoms with E-state index in [4.69, 9.17) is 11.6 Å². The lowest BCUT2D eigenvalue weighted by molar-refractivity contribution is -0.531. The zero-order valence-electron chi connectivity index (χ0n) is 11.2. The van der Waals surface area contributed by atoms with E-state index in [1.165, 1.54) is 12.1 Å². The fraction of sp³-hybridized carbons (Fsp3) is 0.308. The Kier molecular flexibility index (Phi) is 4.15. The number of alkyl halides is 3. The van der Waals surface area contributed by atoms with Gasteiger partial charge in [-0.2, -0.15) is 13.2 Å². The third-order valence-electron chi connectivity index (χ3n) is 3.21. The van der Waals surface area contributed by atoms with Crippen LogP contribution >= 0.6 is 11.6 Å². The molecular weight excluding hydrogens is 325 g/mol. The maximum Gasteiger partial charge on any atom is 0.442 e. The molecule has 1 aliphatic heterocycles. The standard InChI is InChI=1S/C13H10ClF3N2O3/c1-8-11(19(20)21)12(22-18-8,13(15,16)17)7-6-9-4-2-3-5-10(9)14/h2-7,11H,1H3/b7-6+/t11-,12-/m0/s1. The molecule has 0 fully saturated rings.